The molecule has 2 aromatic rings. The summed E-state index contributed by atoms with van der Waals surface area (Å²) in [7, 11) is 0. The molecule has 0 unspecified atom stereocenters. The minimum absolute atomic E-state index is 0.138. The Balaban J connectivity index is 2.23. The Kier molecular flexibility index (Phi) is 6.13. The summed E-state index contributed by atoms with van der Waals surface area (Å²) in [5.74, 6) is 0.157. The molecular weight excluding hydrogens is 353 g/mol. The average Bonchev–Trinajstić information content (AvgIpc) is 2.53. The van der Waals surface area contributed by atoms with Gasteiger partial charge in [-0.1, -0.05) is 32.0 Å². The lowest BCUT2D eigenvalue weighted by molar-refractivity contribution is -0.141. The fourth-order valence-electron chi connectivity index (χ4n) is 1.73. The molecule has 0 aliphatic rings. The lowest BCUT2D eigenvalue weighted by atomic mass is 10.2. The minimum atomic E-state index is -4.64. The highest BCUT2D eigenvalue weighted by Crippen LogP contribution is 2.31. The zero-order valence-electron chi connectivity index (χ0n) is 13.6. The van der Waals surface area contributed by atoms with Crippen molar-refractivity contribution < 1.29 is 17.9 Å². The number of nitrogens with one attached hydrogen (secondary N) is 2. The van der Waals surface area contributed by atoms with Crippen molar-refractivity contribution in [3.63, 3.8) is 0 Å². The van der Waals surface area contributed by atoms with Crippen LogP contribution >= 0.6 is 12.2 Å². The van der Waals surface area contributed by atoms with Crippen molar-refractivity contribution in [1.29, 1.82) is 0 Å². The van der Waals surface area contributed by atoms with Gasteiger partial charge in [0.05, 0.1) is 0 Å². The minimum Gasteiger partial charge on any atom is -0.439 e. The maximum absolute atomic E-state index is 13.1. The average molecular weight is 370 g/mol. The van der Waals surface area contributed by atoms with Crippen LogP contribution in [0.4, 0.5) is 19.1 Å². The first kappa shape index (κ1) is 18.9. The van der Waals surface area contributed by atoms with Crippen LogP contribution in [-0.2, 0) is 6.18 Å². The highest BCUT2D eigenvalue weighted by molar-refractivity contribution is 7.80. The molecule has 0 saturated carbocycles. The number of anilines is 1. The Morgan fingerprint density at radius 2 is 1.88 bits per heavy atom. The van der Waals surface area contributed by atoms with E-state index in [2.05, 4.69) is 20.6 Å². The van der Waals surface area contributed by atoms with Gasteiger partial charge < -0.3 is 15.4 Å². The van der Waals surface area contributed by atoms with Crippen LogP contribution in [-0.4, -0.2) is 21.6 Å². The van der Waals surface area contributed by atoms with Crippen LogP contribution < -0.4 is 15.4 Å². The van der Waals surface area contributed by atoms with E-state index in [1.54, 1.807) is 30.3 Å². The lowest BCUT2D eigenvalue weighted by Gasteiger charge is -2.14. The van der Waals surface area contributed by atoms with Gasteiger partial charge in [0, 0.05) is 12.6 Å². The summed E-state index contributed by atoms with van der Waals surface area (Å²) in [6.45, 7) is 4.52. The van der Waals surface area contributed by atoms with Crippen molar-refractivity contribution in [3.05, 3.63) is 42.1 Å². The Morgan fingerprint density at radius 1 is 1.20 bits per heavy atom. The number of aromatic nitrogens is 2. The Hall–Kier alpha value is -2.42. The van der Waals surface area contributed by atoms with Gasteiger partial charge >= 0.3 is 6.18 Å². The molecule has 0 atom stereocenters. The number of rotatable bonds is 5. The van der Waals surface area contributed by atoms with Gasteiger partial charge in [-0.3, -0.25) is 0 Å². The number of halogens is 3. The van der Waals surface area contributed by atoms with E-state index in [0.717, 1.165) is 6.07 Å². The highest BCUT2D eigenvalue weighted by Gasteiger charge is 2.34. The second-order valence-electron chi connectivity index (χ2n) is 5.56. The standard InChI is InChI=1S/C16H17F3N4OS/c1-10(2)9-20-15(25)23-14-21-12(16(17,18)19)8-13(22-14)24-11-6-4-3-5-7-11/h3-8,10H,9H2,1-2H3,(H2,20,21,22,23,25). The van der Waals surface area contributed by atoms with Crippen LogP contribution in [0.5, 0.6) is 11.6 Å². The van der Waals surface area contributed by atoms with Gasteiger partial charge in [-0.15, -0.1) is 0 Å². The van der Waals surface area contributed by atoms with Crippen LogP contribution in [0.3, 0.4) is 0 Å². The molecule has 5 nitrogen and oxygen atoms in total. The summed E-state index contributed by atoms with van der Waals surface area (Å²) >= 11 is 5.04. The van der Waals surface area contributed by atoms with Gasteiger partial charge in [0.15, 0.2) is 10.8 Å². The first-order chi connectivity index (χ1) is 11.7. The first-order valence-corrected chi connectivity index (χ1v) is 7.89. The van der Waals surface area contributed by atoms with E-state index in [9.17, 15) is 13.2 Å². The molecule has 0 fully saturated rings. The third-order valence-corrected chi connectivity index (χ3v) is 3.10. The first-order valence-electron chi connectivity index (χ1n) is 7.48. The van der Waals surface area contributed by atoms with Crippen LogP contribution in [0.2, 0.25) is 0 Å². The molecule has 25 heavy (non-hydrogen) atoms. The number of para-hydroxylation sites is 1. The number of nitrogens with zero attached hydrogens (tertiary/aromatic N) is 2. The van der Waals surface area contributed by atoms with Crippen molar-refractivity contribution in [2.45, 2.75) is 20.0 Å². The van der Waals surface area contributed by atoms with Gasteiger partial charge in [-0.2, -0.15) is 18.2 Å². The van der Waals surface area contributed by atoms with Crippen molar-refractivity contribution in [2.24, 2.45) is 5.92 Å². The molecule has 0 aliphatic heterocycles. The molecule has 2 N–H and O–H groups in total. The number of hydrogen-bond acceptors (Lipinski definition) is 4. The largest absolute Gasteiger partial charge is 0.439 e. The fourth-order valence-corrected chi connectivity index (χ4v) is 1.90. The van der Waals surface area contributed by atoms with Gasteiger partial charge in [0.2, 0.25) is 11.8 Å². The molecule has 9 heteroatoms. The number of thiocarbonyl (C=S) groups is 1. The van der Waals surface area contributed by atoms with Gasteiger partial charge in [-0.25, -0.2) is 4.98 Å². The van der Waals surface area contributed by atoms with Gasteiger partial charge in [0.25, 0.3) is 0 Å². The van der Waals surface area contributed by atoms with E-state index in [1.807, 2.05) is 13.8 Å². The second-order valence-corrected chi connectivity index (χ2v) is 5.97. The van der Waals surface area contributed by atoms with Crippen LogP contribution in [0, 0.1) is 5.92 Å². The summed E-state index contributed by atoms with van der Waals surface area (Å²) in [4.78, 5) is 7.40. The molecule has 1 aromatic heterocycles. The maximum atomic E-state index is 13.1. The molecule has 0 saturated heterocycles. The Morgan fingerprint density at radius 3 is 2.48 bits per heavy atom. The van der Waals surface area contributed by atoms with Gasteiger partial charge in [-0.05, 0) is 30.3 Å². The van der Waals surface area contributed by atoms with E-state index in [4.69, 9.17) is 17.0 Å². The Bertz CT molecular complexity index is 723. The van der Waals surface area contributed by atoms with E-state index >= 15 is 0 Å². The molecule has 134 valence electrons. The monoisotopic (exact) mass is 370 g/mol. The molecule has 1 heterocycles. The SMILES string of the molecule is CC(C)CNC(=S)Nc1nc(Oc2ccccc2)cc(C(F)(F)F)n1. The summed E-state index contributed by atoms with van der Waals surface area (Å²) in [6, 6.07) is 9.12. The molecule has 0 bridgehead atoms. The zero-order valence-corrected chi connectivity index (χ0v) is 14.4. The number of alkyl halides is 3. The summed E-state index contributed by atoms with van der Waals surface area (Å²) in [5, 5.41) is 5.57. The molecule has 1 aromatic carbocycles. The normalized spacial score (nSPS) is 11.3. The van der Waals surface area contributed by atoms with Crippen molar-refractivity contribution >= 4 is 23.3 Å². The molecule has 0 amide bonds. The Labute approximate surface area is 148 Å². The topological polar surface area (TPSA) is 59.1 Å². The fraction of sp³-hybridized carbons (Fsp3) is 0.312. The maximum Gasteiger partial charge on any atom is 0.433 e. The van der Waals surface area contributed by atoms with Crippen LogP contribution in [0.25, 0.3) is 0 Å². The molecule has 0 spiro atoms. The van der Waals surface area contributed by atoms with E-state index < -0.39 is 11.9 Å². The molecule has 0 radical (unpaired) electrons. The smallest absolute Gasteiger partial charge is 0.433 e. The summed E-state index contributed by atoms with van der Waals surface area (Å²) in [5.41, 5.74) is -1.12. The predicted octanol–water partition coefficient (Wildman–Crippen LogP) is 4.23. The predicted molar refractivity (Wildman–Crippen MR) is 92.6 cm³/mol. The number of ether oxygens (including phenoxy) is 1. The van der Waals surface area contributed by atoms with Crippen molar-refractivity contribution in [2.75, 3.05) is 11.9 Å². The van der Waals surface area contributed by atoms with E-state index in [0.29, 0.717) is 18.2 Å². The lowest BCUT2D eigenvalue weighted by Crippen LogP contribution is -2.32. The van der Waals surface area contributed by atoms with Crippen molar-refractivity contribution in [1.82, 2.24) is 15.3 Å². The quantitative estimate of drug-likeness (QED) is 0.768. The highest BCUT2D eigenvalue weighted by atomic mass is 32.1. The van der Waals surface area contributed by atoms with E-state index in [-0.39, 0.29) is 16.9 Å². The van der Waals surface area contributed by atoms with Gasteiger partial charge in [0.1, 0.15) is 5.75 Å². The van der Waals surface area contributed by atoms with Crippen molar-refractivity contribution in [3.8, 4) is 11.6 Å². The van der Waals surface area contributed by atoms with Crippen LogP contribution in [0.1, 0.15) is 19.5 Å². The molecule has 2 rings (SSSR count). The molecule has 0 aliphatic carbocycles. The second kappa shape index (κ2) is 8.11. The number of benzene rings is 1. The van der Waals surface area contributed by atoms with E-state index in [1.165, 1.54) is 0 Å². The van der Waals surface area contributed by atoms with Crippen LogP contribution in [0.15, 0.2) is 36.4 Å². The summed E-state index contributed by atoms with van der Waals surface area (Å²) in [6.07, 6.45) is -4.64. The third-order valence-electron chi connectivity index (χ3n) is 2.85. The third kappa shape index (κ3) is 6.18. The number of hydrogen-bond donors (Lipinski definition) is 2. The summed E-state index contributed by atoms with van der Waals surface area (Å²) < 4.78 is 44.5. The zero-order chi connectivity index (χ0) is 18.4. The molecular formula is C16H17F3N4OS.